The van der Waals surface area contributed by atoms with Gasteiger partial charge >= 0.3 is 0 Å². The van der Waals surface area contributed by atoms with E-state index in [2.05, 4.69) is 26.3 Å². The molecule has 0 saturated carbocycles. The molecule has 138 valence electrons. The number of rotatable bonds is 4. The smallest absolute Gasteiger partial charge is 0.271 e. The first-order chi connectivity index (χ1) is 13.2. The van der Waals surface area contributed by atoms with Gasteiger partial charge in [-0.15, -0.1) is 0 Å². The zero-order valence-electron chi connectivity index (χ0n) is 14.8. The molecule has 2 aliphatic rings. The SMILES string of the molecule is O=C1c2cccn2[C@H]2CN(Cc3ccsc3)C[C@H]2N1Cc1ccc(F)cc1. The Bertz CT molecular complexity index is 950. The Hall–Kier alpha value is -2.44. The van der Waals surface area contributed by atoms with Crippen LogP contribution < -0.4 is 0 Å². The number of halogens is 1. The van der Waals surface area contributed by atoms with Gasteiger partial charge in [-0.3, -0.25) is 9.69 Å². The fourth-order valence-electron chi connectivity index (χ4n) is 4.33. The van der Waals surface area contributed by atoms with E-state index in [-0.39, 0.29) is 23.8 Å². The highest BCUT2D eigenvalue weighted by molar-refractivity contribution is 7.07. The Labute approximate surface area is 161 Å². The van der Waals surface area contributed by atoms with Gasteiger partial charge in [-0.25, -0.2) is 4.39 Å². The van der Waals surface area contributed by atoms with Crippen LogP contribution in [0.5, 0.6) is 0 Å². The predicted octanol–water partition coefficient (Wildman–Crippen LogP) is 3.77. The minimum Gasteiger partial charge on any atom is -0.337 e. The summed E-state index contributed by atoms with van der Waals surface area (Å²) in [5.41, 5.74) is 3.03. The van der Waals surface area contributed by atoms with Gasteiger partial charge in [0.15, 0.2) is 0 Å². The van der Waals surface area contributed by atoms with Gasteiger partial charge in [0.1, 0.15) is 11.5 Å². The summed E-state index contributed by atoms with van der Waals surface area (Å²) in [7, 11) is 0. The Morgan fingerprint density at radius 2 is 1.81 bits per heavy atom. The first-order valence-corrected chi connectivity index (χ1v) is 10.1. The van der Waals surface area contributed by atoms with Crippen molar-refractivity contribution in [3.63, 3.8) is 0 Å². The molecule has 6 heteroatoms. The Balaban J connectivity index is 1.44. The molecule has 1 saturated heterocycles. The highest BCUT2D eigenvalue weighted by Crippen LogP contribution is 2.35. The summed E-state index contributed by atoms with van der Waals surface area (Å²) in [6, 6.07) is 12.9. The number of carbonyl (C=O) groups excluding carboxylic acids is 1. The van der Waals surface area contributed by atoms with Gasteiger partial charge in [-0.1, -0.05) is 12.1 Å². The Morgan fingerprint density at radius 1 is 1.00 bits per heavy atom. The lowest BCUT2D eigenvalue weighted by Gasteiger charge is -2.38. The molecular formula is C21H20FN3OS. The molecule has 0 aliphatic carbocycles. The maximum atomic E-state index is 13.3. The van der Waals surface area contributed by atoms with Crippen molar-refractivity contribution in [1.29, 1.82) is 0 Å². The molecular weight excluding hydrogens is 361 g/mol. The fourth-order valence-corrected chi connectivity index (χ4v) is 4.99. The van der Waals surface area contributed by atoms with Gasteiger partial charge in [0.2, 0.25) is 0 Å². The number of thiophene rings is 1. The monoisotopic (exact) mass is 381 g/mol. The molecule has 1 fully saturated rings. The van der Waals surface area contributed by atoms with Gasteiger partial charge in [0.25, 0.3) is 5.91 Å². The lowest BCUT2D eigenvalue weighted by molar-refractivity contribution is 0.0556. The third-order valence-corrected chi connectivity index (χ3v) is 6.34. The van der Waals surface area contributed by atoms with Crippen molar-refractivity contribution in [3.05, 3.63) is 82.1 Å². The lowest BCUT2D eigenvalue weighted by Crippen LogP contribution is -2.49. The van der Waals surface area contributed by atoms with E-state index in [9.17, 15) is 9.18 Å². The molecule has 3 aromatic rings. The highest BCUT2D eigenvalue weighted by Gasteiger charge is 2.44. The van der Waals surface area contributed by atoms with E-state index in [4.69, 9.17) is 0 Å². The average molecular weight is 381 g/mol. The van der Waals surface area contributed by atoms with E-state index in [1.165, 1.54) is 17.7 Å². The summed E-state index contributed by atoms with van der Waals surface area (Å²) >= 11 is 1.72. The summed E-state index contributed by atoms with van der Waals surface area (Å²) in [4.78, 5) is 17.5. The number of hydrogen-bond donors (Lipinski definition) is 0. The standard InChI is InChI=1S/C21H20FN3OS/c22-17-5-3-15(4-6-17)11-25-20-13-23(10-16-7-9-27-14-16)12-19(20)24-8-1-2-18(24)21(25)26/h1-9,14,19-20H,10-13H2/t19-,20+/m0/s1. The predicted molar refractivity (Wildman–Crippen MR) is 103 cm³/mol. The Morgan fingerprint density at radius 3 is 2.59 bits per heavy atom. The van der Waals surface area contributed by atoms with Crippen LogP contribution in [0.2, 0.25) is 0 Å². The van der Waals surface area contributed by atoms with Gasteiger partial charge in [-0.05, 0) is 52.2 Å². The summed E-state index contributed by atoms with van der Waals surface area (Å²) in [6.45, 7) is 3.20. The number of amides is 1. The fraction of sp³-hybridized carbons (Fsp3) is 0.286. The van der Waals surface area contributed by atoms with Gasteiger partial charge in [0, 0.05) is 32.4 Å². The minimum absolute atomic E-state index is 0.0583. The molecule has 27 heavy (non-hydrogen) atoms. The van der Waals surface area contributed by atoms with Crippen LogP contribution in [0, 0.1) is 5.82 Å². The number of hydrogen-bond acceptors (Lipinski definition) is 3. The zero-order chi connectivity index (χ0) is 18.4. The van der Waals surface area contributed by atoms with Crippen LogP contribution in [0.1, 0.15) is 27.7 Å². The van der Waals surface area contributed by atoms with Crippen LogP contribution in [-0.2, 0) is 13.1 Å². The van der Waals surface area contributed by atoms with E-state index in [0.717, 1.165) is 30.9 Å². The van der Waals surface area contributed by atoms with Gasteiger partial charge < -0.3 is 9.47 Å². The van der Waals surface area contributed by atoms with Crippen molar-refractivity contribution < 1.29 is 9.18 Å². The number of carbonyl (C=O) groups is 1. The van der Waals surface area contributed by atoms with Crippen LogP contribution >= 0.6 is 11.3 Å². The molecule has 4 nitrogen and oxygen atoms in total. The normalized spacial score (nSPS) is 22.1. The number of aromatic nitrogens is 1. The molecule has 0 spiro atoms. The van der Waals surface area contributed by atoms with Gasteiger partial charge in [0.05, 0.1) is 12.1 Å². The summed E-state index contributed by atoms with van der Waals surface area (Å²) in [5.74, 6) is -0.193. The maximum absolute atomic E-state index is 13.3. The summed E-state index contributed by atoms with van der Waals surface area (Å²) < 4.78 is 15.4. The third kappa shape index (κ3) is 2.99. The second-order valence-corrected chi connectivity index (χ2v) is 8.10. The largest absolute Gasteiger partial charge is 0.337 e. The van der Waals surface area contributed by atoms with E-state index in [1.54, 1.807) is 23.5 Å². The molecule has 0 bridgehead atoms. The van der Waals surface area contributed by atoms with Crippen LogP contribution in [-0.4, -0.2) is 39.4 Å². The van der Waals surface area contributed by atoms with Crippen molar-refractivity contribution in [2.45, 2.75) is 25.2 Å². The third-order valence-electron chi connectivity index (χ3n) is 5.60. The number of fused-ring (bicyclic) bond motifs is 3. The molecule has 2 aliphatic heterocycles. The molecule has 2 atom stereocenters. The molecule has 0 unspecified atom stereocenters. The van der Waals surface area contributed by atoms with E-state index < -0.39 is 0 Å². The second-order valence-electron chi connectivity index (χ2n) is 7.32. The van der Waals surface area contributed by atoms with Gasteiger partial charge in [-0.2, -0.15) is 11.3 Å². The van der Waals surface area contributed by atoms with E-state index >= 15 is 0 Å². The van der Waals surface area contributed by atoms with Crippen molar-refractivity contribution in [2.75, 3.05) is 13.1 Å². The number of nitrogens with zero attached hydrogens (tertiary/aromatic N) is 3. The molecule has 5 rings (SSSR count). The highest BCUT2D eigenvalue weighted by atomic mass is 32.1. The van der Waals surface area contributed by atoms with Crippen LogP contribution in [0.15, 0.2) is 59.4 Å². The number of likely N-dealkylation sites (tertiary alicyclic amines) is 1. The number of benzene rings is 1. The molecule has 1 aromatic carbocycles. The molecule has 0 N–H and O–H groups in total. The average Bonchev–Trinajstić information content (AvgIpc) is 3.40. The lowest BCUT2D eigenvalue weighted by atomic mass is 10.0. The maximum Gasteiger partial charge on any atom is 0.271 e. The second kappa shape index (κ2) is 6.62. The van der Waals surface area contributed by atoms with Crippen LogP contribution in [0.25, 0.3) is 0 Å². The summed E-state index contributed by atoms with van der Waals surface area (Å²) in [5, 5.41) is 4.29. The quantitative estimate of drug-likeness (QED) is 0.688. The van der Waals surface area contributed by atoms with Crippen LogP contribution in [0.4, 0.5) is 4.39 Å². The van der Waals surface area contributed by atoms with Crippen molar-refractivity contribution in [1.82, 2.24) is 14.4 Å². The Kier molecular flexibility index (Phi) is 4.10. The first kappa shape index (κ1) is 16.7. The molecule has 0 radical (unpaired) electrons. The molecule has 1 amide bonds. The topological polar surface area (TPSA) is 28.5 Å². The minimum atomic E-state index is -0.252. The van der Waals surface area contributed by atoms with E-state index in [0.29, 0.717) is 6.54 Å². The molecule has 4 heterocycles. The summed E-state index contributed by atoms with van der Waals surface area (Å²) in [6.07, 6.45) is 2.02. The first-order valence-electron chi connectivity index (χ1n) is 9.15. The van der Waals surface area contributed by atoms with Crippen LogP contribution in [0.3, 0.4) is 0 Å². The van der Waals surface area contributed by atoms with E-state index in [1.807, 2.05) is 23.2 Å². The molecule has 2 aromatic heterocycles. The van der Waals surface area contributed by atoms with Crippen molar-refractivity contribution in [2.24, 2.45) is 0 Å². The van der Waals surface area contributed by atoms with Crippen molar-refractivity contribution in [3.8, 4) is 0 Å². The van der Waals surface area contributed by atoms with Crippen molar-refractivity contribution >= 4 is 17.2 Å². The zero-order valence-corrected chi connectivity index (χ0v) is 15.6.